The molecule has 0 aromatic carbocycles. The van der Waals surface area contributed by atoms with Crippen LogP contribution in [0, 0.1) is 0 Å². The van der Waals surface area contributed by atoms with Crippen LogP contribution >= 0.6 is 0 Å². The van der Waals surface area contributed by atoms with Crippen molar-refractivity contribution in [2.45, 2.75) is 39.0 Å². The van der Waals surface area contributed by atoms with E-state index < -0.39 is 0 Å². The first-order valence-electron chi connectivity index (χ1n) is 7.12. The Balaban J connectivity index is 2.17. The van der Waals surface area contributed by atoms with Crippen LogP contribution in [0.2, 0.25) is 0 Å². The summed E-state index contributed by atoms with van der Waals surface area (Å²) in [7, 11) is 1.59. The van der Waals surface area contributed by atoms with Gasteiger partial charge in [-0.1, -0.05) is 19.3 Å². The van der Waals surface area contributed by atoms with Crippen molar-refractivity contribution in [1.82, 2.24) is 15.0 Å². The summed E-state index contributed by atoms with van der Waals surface area (Å²) in [5.41, 5.74) is 0. The Morgan fingerprint density at radius 1 is 1.05 bits per heavy atom. The first kappa shape index (κ1) is 13.8. The molecule has 106 valence electrons. The predicted octanol–water partition coefficient (Wildman–Crippen LogP) is 2.08. The summed E-state index contributed by atoms with van der Waals surface area (Å²) in [6, 6.07) is 0.378. The first-order chi connectivity index (χ1) is 9.33. The molecule has 0 bridgehead atoms. The predicted molar refractivity (Wildman–Crippen MR) is 75.8 cm³/mol. The van der Waals surface area contributed by atoms with Gasteiger partial charge < -0.3 is 15.0 Å². The summed E-state index contributed by atoms with van der Waals surface area (Å²) in [6.45, 7) is 4.83. The fraction of sp³-hybridized carbons (Fsp3) is 0.769. The number of rotatable bonds is 4. The molecule has 1 aromatic heterocycles. The SMILES string of the molecule is CCNc1nc(OC)nc(N2CCCCCCC2)n1. The number of hydrogen-bond donors (Lipinski definition) is 1. The molecule has 1 aliphatic heterocycles. The number of nitrogens with zero attached hydrogens (tertiary/aromatic N) is 4. The van der Waals surface area contributed by atoms with Crippen LogP contribution in [0.25, 0.3) is 0 Å². The first-order valence-corrected chi connectivity index (χ1v) is 7.12. The fourth-order valence-electron chi connectivity index (χ4n) is 2.26. The van der Waals surface area contributed by atoms with Crippen LogP contribution in [-0.4, -0.2) is 41.7 Å². The van der Waals surface area contributed by atoms with E-state index in [1.54, 1.807) is 7.11 Å². The second kappa shape index (κ2) is 7.11. The summed E-state index contributed by atoms with van der Waals surface area (Å²) in [5, 5.41) is 3.12. The van der Waals surface area contributed by atoms with Gasteiger partial charge in [-0.25, -0.2) is 0 Å². The van der Waals surface area contributed by atoms with Crippen molar-refractivity contribution in [3.8, 4) is 6.01 Å². The highest BCUT2D eigenvalue weighted by atomic mass is 16.5. The Kier molecular flexibility index (Phi) is 5.18. The number of nitrogens with one attached hydrogen (secondary N) is 1. The van der Waals surface area contributed by atoms with Gasteiger partial charge in [-0.2, -0.15) is 15.0 Å². The number of methoxy groups -OCH3 is 1. The third kappa shape index (κ3) is 3.94. The van der Waals surface area contributed by atoms with Crippen molar-refractivity contribution < 1.29 is 4.74 Å². The lowest BCUT2D eigenvalue weighted by Gasteiger charge is -2.25. The smallest absolute Gasteiger partial charge is 0.322 e. The lowest BCUT2D eigenvalue weighted by molar-refractivity contribution is 0.378. The molecule has 6 nitrogen and oxygen atoms in total. The maximum Gasteiger partial charge on any atom is 0.322 e. The lowest BCUT2D eigenvalue weighted by atomic mass is 10.1. The Morgan fingerprint density at radius 3 is 2.37 bits per heavy atom. The maximum absolute atomic E-state index is 5.16. The minimum Gasteiger partial charge on any atom is -0.467 e. The van der Waals surface area contributed by atoms with Gasteiger partial charge in [0.1, 0.15) is 0 Å². The summed E-state index contributed by atoms with van der Waals surface area (Å²) in [6.07, 6.45) is 6.32. The van der Waals surface area contributed by atoms with E-state index in [4.69, 9.17) is 4.74 Å². The van der Waals surface area contributed by atoms with Gasteiger partial charge in [-0.05, 0) is 19.8 Å². The van der Waals surface area contributed by atoms with Crippen LogP contribution in [0.4, 0.5) is 11.9 Å². The topological polar surface area (TPSA) is 63.2 Å². The molecule has 2 rings (SSSR count). The molecule has 0 atom stereocenters. The average molecular weight is 265 g/mol. The van der Waals surface area contributed by atoms with E-state index in [0.717, 1.165) is 25.6 Å². The molecule has 0 amide bonds. The Labute approximate surface area is 114 Å². The van der Waals surface area contributed by atoms with Crippen LogP contribution in [0.1, 0.15) is 39.0 Å². The molecule has 0 unspecified atom stereocenters. The molecule has 1 aromatic rings. The molecule has 1 fully saturated rings. The molecule has 0 aliphatic carbocycles. The van der Waals surface area contributed by atoms with Crippen molar-refractivity contribution >= 4 is 11.9 Å². The highest BCUT2D eigenvalue weighted by Crippen LogP contribution is 2.18. The highest BCUT2D eigenvalue weighted by Gasteiger charge is 2.14. The number of ether oxygens (including phenoxy) is 1. The van der Waals surface area contributed by atoms with Crippen LogP contribution in [0.5, 0.6) is 6.01 Å². The van der Waals surface area contributed by atoms with Gasteiger partial charge >= 0.3 is 6.01 Å². The molecular weight excluding hydrogens is 242 g/mol. The van der Waals surface area contributed by atoms with Crippen molar-refractivity contribution in [3.05, 3.63) is 0 Å². The second-order valence-electron chi connectivity index (χ2n) is 4.73. The summed E-state index contributed by atoms with van der Waals surface area (Å²) in [5.74, 6) is 1.32. The van der Waals surface area contributed by atoms with E-state index >= 15 is 0 Å². The summed E-state index contributed by atoms with van der Waals surface area (Å²) >= 11 is 0. The molecule has 6 heteroatoms. The Morgan fingerprint density at radius 2 is 1.74 bits per heavy atom. The molecule has 1 aliphatic rings. The molecule has 1 saturated heterocycles. The van der Waals surface area contributed by atoms with E-state index in [0.29, 0.717) is 12.0 Å². The van der Waals surface area contributed by atoms with Gasteiger partial charge in [0.05, 0.1) is 7.11 Å². The normalized spacial score (nSPS) is 16.6. The largest absolute Gasteiger partial charge is 0.467 e. The number of anilines is 2. The molecule has 1 N–H and O–H groups in total. The zero-order chi connectivity index (χ0) is 13.5. The molecule has 2 heterocycles. The van der Waals surface area contributed by atoms with Crippen LogP contribution in [0.15, 0.2) is 0 Å². The standard InChI is InChI=1S/C13H23N5O/c1-3-14-11-15-12(17-13(16-11)19-2)18-9-7-5-4-6-8-10-18/h3-10H2,1-2H3,(H,14,15,16,17). The van der Waals surface area contributed by atoms with Gasteiger partial charge in [-0.15, -0.1) is 0 Å². The van der Waals surface area contributed by atoms with Crippen LogP contribution < -0.4 is 15.0 Å². The van der Waals surface area contributed by atoms with E-state index in [2.05, 4.69) is 25.2 Å². The Bertz CT molecular complexity index is 391. The van der Waals surface area contributed by atoms with Crippen molar-refractivity contribution in [2.24, 2.45) is 0 Å². The van der Waals surface area contributed by atoms with Crippen LogP contribution in [-0.2, 0) is 0 Å². The molecule has 19 heavy (non-hydrogen) atoms. The minimum atomic E-state index is 0.378. The summed E-state index contributed by atoms with van der Waals surface area (Å²) < 4.78 is 5.16. The minimum absolute atomic E-state index is 0.378. The van der Waals surface area contributed by atoms with Crippen LogP contribution in [0.3, 0.4) is 0 Å². The summed E-state index contributed by atoms with van der Waals surface area (Å²) in [4.78, 5) is 15.3. The van der Waals surface area contributed by atoms with Crippen molar-refractivity contribution in [1.29, 1.82) is 0 Å². The van der Waals surface area contributed by atoms with Gasteiger partial charge in [0.15, 0.2) is 0 Å². The highest BCUT2D eigenvalue weighted by molar-refractivity contribution is 5.38. The van der Waals surface area contributed by atoms with E-state index in [-0.39, 0.29) is 0 Å². The third-order valence-corrected chi connectivity index (χ3v) is 3.26. The van der Waals surface area contributed by atoms with Gasteiger partial charge in [0.2, 0.25) is 11.9 Å². The molecule has 0 saturated carbocycles. The monoisotopic (exact) mass is 265 g/mol. The van der Waals surface area contributed by atoms with Gasteiger partial charge in [0, 0.05) is 19.6 Å². The average Bonchev–Trinajstić information content (AvgIpc) is 2.38. The molecule has 0 spiro atoms. The lowest BCUT2D eigenvalue weighted by Crippen LogP contribution is -2.29. The Hall–Kier alpha value is -1.59. The van der Waals surface area contributed by atoms with Crippen molar-refractivity contribution in [2.75, 3.05) is 37.0 Å². The molecule has 0 radical (unpaired) electrons. The third-order valence-electron chi connectivity index (χ3n) is 3.26. The van der Waals surface area contributed by atoms with E-state index in [1.807, 2.05) is 6.92 Å². The second-order valence-corrected chi connectivity index (χ2v) is 4.73. The van der Waals surface area contributed by atoms with Gasteiger partial charge in [-0.3, -0.25) is 0 Å². The number of hydrogen-bond acceptors (Lipinski definition) is 6. The van der Waals surface area contributed by atoms with E-state index in [1.165, 1.54) is 32.1 Å². The molecular formula is C13H23N5O. The fourth-order valence-corrected chi connectivity index (χ4v) is 2.26. The van der Waals surface area contributed by atoms with Gasteiger partial charge in [0.25, 0.3) is 0 Å². The van der Waals surface area contributed by atoms with E-state index in [9.17, 15) is 0 Å². The van der Waals surface area contributed by atoms with Crippen molar-refractivity contribution in [3.63, 3.8) is 0 Å². The quantitative estimate of drug-likeness (QED) is 0.899. The maximum atomic E-state index is 5.16. The number of aromatic nitrogens is 3. The zero-order valence-corrected chi connectivity index (χ0v) is 11.9. The zero-order valence-electron chi connectivity index (χ0n) is 11.9.